The van der Waals surface area contributed by atoms with Gasteiger partial charge in [0.05, 0.1) is 19.1 Å². The van der Waals surface area contributed by atoms with Crippen LogP contribution in [0.25, 0.3) is 12.2 Å². The Kier molecular flexibility index (Phi) is 6.60. The molecule has 1 aromatic carbocycles. The van der Waals surface area contributed by atoms with Crippen molar-refractivity contribution in [1.82, 2.24) is 0 Å². The number of hydrogen-bond acceptors (Lipinski definition) is 3. The number of rotatable bonds is 7. The van der Waals surface area contributed by atoms with E-state index in [-0.39, 0.29) is 6.61 Å². The Morgan fingerprint density at radius 2 is 1.65 bits per heavy atom. The van der Waals surface area contributed by atoms with Crippen LogP contribution in [-0.2, 0) is 4.74 Å². The van der Waals surface area contributed by atoms with Gasteiger partial charge in [0.15, 0.2) is 0 Å². The molecule has 0 aliphatic heterocycles. The summed E-state index contributed by atoms with van der Waals surface area (Å²) in [7, 11) is 0. The maximum absolute atomic E-state index is 8.60. The number of ether oxygens (including phenoxy) is 1. The molecule has 1 aromatic rings. The number of benzene rings is 1. The fraction of sp³-hybridized carbons (Fsp3) is 0.286. The molecule has 0 aliphatic carbocycles. The second-order valence-electron chi connectivity index (χ2n) is 3.59. The highest BCUT2D eigenvalue weighted by atomic mass is 16.5. The van der Waals surface area contributed by atoms with Gasteiger partial charge in [-0.25, -0.2) is 0 Å². The zero-order valence-electron chi connectivity index (χ0n) is 9.75. The van der Waals surface area contributed by atoms with E-state index in [0.717, 1.165) is 30.2 Å². The van der Waals surface area contributed by atoms with E-state index in [1.165, 1.54) is 0 Å². The van der Waals surface area contributed by atoms with Crippen molar-refractivity contribution in [3.63, 3.8) is 0 Å². The summed E-state index contributed by atoms with van der Waals surface area (Å²) in [4.78, 5) is 0. The van der Waals surface area contributed by atoms with Gasteiger partial charge in [0.1, 0.15) is 0 Å². The molecule has 0 bridgehead atoms. The molecule has 0 saturated heterocycles. The van der Waals surface area contributed by atoms with Gasteiger partial charge in [-0.1, -0.05) is 24.3 Å². The lowest BCUT2D eigenvalue weighted by molar-refractivity contribution is 0.220. The average molecular weight is 234 g/mol. The fourth-order valence-electron chi connectivity index (χ4n) is 1.30. The number of unbranched alkanes of at least 4 members (excludes halogenated alkanes) is 1. The molecule has 1 rings (SSSR count). The minimum Gasteiger partial charge on any atom is -0.516 e. The van der Waals surface area contributed by atoms with Crippen LogP contribution in [0.4, 0.5) is 0 Å². The molecule has 0 atom stereocenters. The van der Waals surface area contributed by atoms with Crippen molar-refractivity contribution < 1.29 is 14.9 Å². The molecule has 0 spiro atoms. The Hall–Kier alpha value is -1.74. The Morgan fingerprint density at radius 1 is 1.00 bits per heavy atom. The first-order chi connectivity index (χ1) is 8.36. The van der Waals surface area contributed by atoms with Gasteiger partial charge in [-0.15, -0.1) is 0 Å². The van der Waals surface area contributed by atoms with E-state index in [1.807, 2.05) is 30.3 Å². The van der Waals surface area contributed by atoms with Crippen molar-refractivity contribution in [1.29, 1.82) is 0 Å². The van der Waals surface area contributed by atoms with Gasteiger partial charge < -0.3 is 14.9 Å². The average Bonchev–Trinajstić information content (AvgIpc) is 2.36. The molecule has 0 unspecified atom stereocenters. The molecule has 92 valence electrons. The molecule has 3 heteroatoms. The molecule has 0 heterocycles. The van der Waals surface area contributed by atoms with E-state index in [4.69, 9.17) is 14.9 Å². The molecule has 0 fully saturated rings. The fourth-order valence-corrected chi connectivity index (χ4v) is 1.30. The summed E-state index contributed by atoms with van der Waals surface area (Å²) in [5, 5.41) is 17.2. The smallest absolute Gasteiger partial charge is 0.0874 e. The van der Waals surface area contributed by atoms with Gasteiger partial charge in [-0.2, -0.15) is 0 Å². The molecule has 0 saturated carbocycles. The minimum atomic E-state index is 0.215. The Labute approximate surface area is 102 Å². The summed E-state index contributed by atoms with van der Waals surface area (Å²) in [5.74, 6) is 0. The summed E-state index contributed by atoms with van der Waals surface area (Å²) >= 11 is 0. The number of hydrogen-bond donors (Lipinski definition) is 2. The number of aliphatic hydroxyl groups excluding tert-OH is 2. The topological polar surface area (TPSA) is 49.7 Å². The molecular weight excluding hydrogens is 216 g/mol. The summed E-state index contributed by atoms with van der Waals surface area (Å²) in [6.45, 7) is 0.843. The van der Waals surface area contributed by atoms with E-state index in [9.17, 15) is 0 Å². The van der Waals surface area contributed by atoms with Crippen LogP contribution in [0.2, 0.25) is 0 Å². The zero-order chi connectivity index (χ0) is 12.3. The summed E-state index contributed by atoms with van der Waals surface area (Å²) < 4.78 is 5.27. The second kappa shape index (κ2) is 8.42. The van der Waals surface area contributed by atoms with Crippen LogP contribution >= 0.6 is 0 Å². The van der Waals surface area contributed by atoms with E-state index < -0.39 is 0 Å². The van der Waals surface area contributed by atoms with E-state index in [0.29, 0.717) is 6.61 Å². The monoisotopic (exact) mass is 234 g/mol. The van der Waals surface area contributed by atoms with Crippen molar-refractivity contribution in [2.45, 2.75) is 12.8 Å². The van der Waals surface area contributed by atoms with Crippen molar-refractivity contribution in [2.24, 2.45) is 0 Å². The maximum Gasteiger partial charge on any atom is 0.0874 e. The Bertz CT molecular complexity index is 352. The lowest BCUT2D eigenvalue weighted by atomic mass is 10.1. The van der Waals surface area contributed by atoms with E-state index >= 15 is 0 Å². The van der Waals surface area contributed by atoms with Gasteiger partial charge in [-0.05, 0) is 36.1 Å². The predicted molar refractivity (Wildman–Crippen MR) is 69.4 cm³/mol. The van der Waals surface area contributed by atoms with Gasteiger partial charge in [0.25, 0.3) is 0 Å². The van der Waals surface area contributed by atoms with Crippen LogP contribution in [0.1, 0.15) is 24.0 Å². The molecule has 3 nitrogen and oxygen atoms in total. The lowest BCUT2D eigenvalue weighted by Gasteiger charge is -1.99. The summed E-state index contributed by atoms with van der Waals surface area (Å²) in [6, 6.07) is 7.72. The standard InChI is InChI=1S/C14H18O3/c15-9-1-2-11-17-12-8-14-5-3-13(4-6-14)7-10-16/h3-8,10,12,15-16H,1-2,9,11H2. The van der Waals surface area contributed by atoms with Crippen molar-refractivity contribution >= 4 is 12.2 Å². The van der Waals surface area contributed by atoms with Crippen LogP contribution in [0.3, 0.4) is 0 Å². The third-order valence-electron chi connectivity index (χ3n) is 2.23. The van der Waals surface area contributed by atoms with E-state index in [2.05, 4.69) is 0 Å². The maximum atomic E-state index is 8.60. The predicted octanol–water partition coefficient (Wildman–Crippen LogP) is 2.98. The molecule has 0 aliphatic rings. The lowest BCUT2D eigenvalue weighted by Crippen LogP contribution is -1.90. The molecule has 17 heavy (non-hydrogen) atoms. The zero-order valence-corrected chi connectivity index (χ0v) is 9.75. The first-order valence-electron chi connectivity index (χ1n) is 5.66. The highest BCUT2D eigenvalue weighted by Gasteiger charge is 1.89. The van der Waals surface area contributed by atoms with Crippen LogP contribution < -0.4 is 0 Å². The molecule has 0 amide bonds. The van der Waals surface area contributed by atoms with Crippen molar-refractivity contribution in [3.8, 4) is 0 Å². The molecule has 0 radical (unpaired) electrons. The largest absolute Gasteiger partial charge is 0.516 e. The minimum absolute atomic E-state index is 0.215. The van der Waals surface area contributed by atoms with Crippen LogP contribution in [0.15, 0.2) is 36.8 Å². The normalized spacial score (nSPS) is 11.4. The third-order valence-corrected chi connectivity index (χ3v) is 2.23. The van der Waals surface area contributed by atoms with Crippen LogP contribution in [0.5, 0.6) is 0 Å². The van der Waals surface area contributed by atoms with Crippen molar-refractivity contribution in [2.75, 3.05) is 13.2 Å². The van der Waals surface area contributed by atoms with Gasteiger partial charge in [-0.3, -0.25) is 0 Å². The first kappa shape index (κ1) is 13.3. The van der Waals surface area contributed by atoms with E-state index in [1.54, 1.807) is 12.3 Å². The Balaban J connectivity index is 2.33. The Morgan fingerprint density at radius 3 is 2.24 bits per heavy atom. The SMILES string of the molecule is OC=Cc1ccc(C=COCCCCO)cc1. The third kappa shape index (κ3) is 5.78. The van der Waals surface area contributed by atoms with Gasteiger partial charge in [0.2, 0.25) is 0 Å². The van der Waals surface area contributed by atoms with Crippen LogP contribution in [0, 0.1) is 0 Å². The molecule has 0 aromatic heterocycles. The summed E-state index contributed by atoms with van der Waals surface area (Å²) in [6.07, 6.45) is 7.82. The number of aliphatic hydroxyl groups is 2. The molecular formula is C14H18O3. The quantitative estimate of drug-likeness (QED) is 0.563. The summed E-state index contributed by atoms with van der Waals surface area (Å²) in [5.41, 5.74) is 2.00. The highest BCUT2D eigenvalue weighted by Crippen LogP contribution is 2.07. The molecule has 2 N–H and O–H groups in total. The first-order valence-corrected chi connectivity index (χ1v) is 5.66. The van der Waals surface area contributed by atoms with Gasteiger partial charge >= 0.3 is 0 Å². The van der Waals surface area contributed by atoms with Gasteiger partial charge in [0, 0.05) is 6.61 Å². The highest BCUT2D eigenvalue weighted by molar-refractivity contribution is 5.54. The van der Waals surface area contributed by atoms with Crippen LogP contribution in [-0.4, -0.2) is 23.4 Å². The van der Waals surface area contributed by atoms with Crippen molar-refractivity contribution in [3.05, 3.63) is 47.9 Å². The second-order valence-corrected chi connectivity index (χ2v) is 3.59.